The highest BCUT2D eigenvalue weighted by atomic mass is 79.9. The van der Waals surface area contributed by atoms with Crippen LogP contribution in [0.2, 0.25) is 0 Å². The van der Waals surface area contributed by atoms with E-state index in [1.54, 1.807) is 18.2 Å². The van der Waals surface area contributed by atoms with Gasteiger partial charge in [0.25, 0.3) is 5.91 Å². The quantitative estimate of drug-likeness (QED) is 0.603. The molecule has 0 aromatic heterocycles. The molecular formula is C16H23BrN2O4. The van der Waals surface area contributed by atoms with Crippen LogP contribution in [0.4, 0.5) is 0 Å². The van der Waals surface area contributed by atoms with E-state index in [2.05, 4.69) is 26.6 Å². The standard InChI is InChI=1S/C16H23BrN2O4/c1-3-22-15(23-4-2)11-19-14(20)9-10-18-16(21)12-7-5-6-8-13(12)17/h5-8,15H,3-4,9-11H2,1-2H3,(H,18,21)(H,19,20). The summed E-state index contributed by atoms with van der Waals surface area (Å²) < 4.78 is 11.4. The fraction of sp³-hybridized carbons (Fsp3) is 0.500. The van der Waals surface area contributed by atoms with Gasteiger partial charge in [0.1, 0.15) is 0 Å². The van der Waals surface area contributed by atoms with Gasteiger partial charge in [0.15, 0.2) is 6.29 Å². The lowest BCUT2D eigenvalue weighted by Gasteiger charge is -2.17. The van der Waals surface area contributed by atoms with Crippen LogP contribution in [0, 0.1) is 0 Å². The van der Waals surface area contributed by atoms with Gasteiger partial charge in [-0.1, -0.05) is 12.1 Å². The molecule has 6 nitrogen and oxygen atoms in total. The Labute approximate surface area is 145 Å². The molecule has 2 amide bonds. The molecule has 1 aromatic carbocycles. The molecule has 23 heavy (non-hydrogen) atoms. The third kappa shape index (κ3) is 7.58. The van der Waals surface area contributed by atoms with Crippen molar-refractivity contribution in [2.75, 3.05) is 26.3 Å². The summed E-state index contributed by atoms with van der Waals surface area (Å²) in [4.78, 5) is 23.7. The molecule has 0 aliphatic heterocycles. The largest absolute Gasteiger partial charge is 0.351 e. The Hall–Kier alpha value is -1.44. The summed E-state index contributed by atoms with van der Waals surface area (Å²) in [5.74, 6) is -0.381. The van der Waals surface area contributed by atoms with Gasteiger partial charge in [0.2, 0.25) is 5.91 Å². The highest BCUT2D eigenvalue weighted by molar-refractivity contribution is 9.10. The first-order chi connectivity index (χ1) is 11.1. The Morgan fingerprint density at radius 2 is 1.78 bits per heavy atom. The average molecular weight is 387 g/mol. The second-order valence-corrected chi connectivity index (χ2v) is 5.48. The molecule has 1 aromatic rings. The van der Waals surface area contributed by atoms with E-state index in [1.807, 2.05) is 19.9 Å². The second kappa shape index (κ2) is 11.2. The monoisotopic (exact) mass is 386 g/mol. The zero-order valence-corrected chi connectivity index (χ0v) is 15.0. The first kappa shape index (κ1) is 19.6. The van der Waals surface area contributed by atoms with Crippen molar-refractivity contribution in [1.29, 1.82) is 0 Å². The first-order valence-electron chi connectivity index (χ1n) is 7.61. The topological polar surface area (TPSA) is 76.7 Å². The van der Waals surface area contributed by atoms with E-state index in [-0.39, 0.29) is 24.8 Å². The maximum Gasteiger partial charge on any atom is 0.252 e. The number of benzene rings is 1. The lowest BCUT2D eigenvalue weighted by Crippen LogP contribution is -2.37. The number of carbonyl (C=O) groups excluding carboxylic acids is 2. The number of halogens is 1. The van der Waals surface area contributed by atoms with Crippen molar-refractivity contribution in [1.82, 2.24) is 10.6 Å². The minimum absolute atomic E-state index is 0.165. The lowest BCUT2D eigenvalue weighted by molar-refractivity contribution is -0.140. The van der Waals surface area contributed by atoms with Crippen molar-refractivity contribution < 1.29 is 19.1 Å². The Bertz CT molecular complexity index is 505. The van der Waals surface area contributed by atoms with Gasteiger partial charge in [-0.3, -0.25) is 9.59 Å². The fourth-order valence-electron chi connectivity index (χ4n) is 1.85. The summed E-state index contributed by atoms with van der Waals surface area (Å²) in [6.07, 6.45) is -0.245. The number of rotatable bonds is 10. The van der Waals surface area contributed by atoms with Gasteiger partial charge in [-0.05, 0) is 41.9 Å². The Morgan fingerprint density at radius 3 is 2.39 bits per heavy atom. The minimum atomic E-state index is -0.441. The molecule has 0 unspecified atom stereocenters. The van der Waals surface area contributed by atoms with Crippen LogP contribution in [0.5, 0.6) is 0 Å². The zero-order valence-electron chi connectivity index (χ0n) is 13.4. The summed E-state index contributed by atoms with van der Waals surface area (Å²) in [7, 11) is 0. The van der Waals surface area contributed by atoms with Gasteiger partial charge in [0.05, 0.1) is 12.1 Å². The molecule has 0 fully saturated rings. The molecule has 0 atom stereocenters. The summed E-state index contributed by atoms with van der Waals surface area (Å²) in [5, 5.41) is 5.44. The average Bonchev–Trinajstić information content (AvgIpc) is 2.53. The normalized spacial score (nSPS) is 10.6. The van der Waals surface area contributed by atoms with Gasteiger partial charge in [-0.15, -0.1) is 0 Å². The molecule has 0 heterocycles. The van der Waals surface area contributed by atoms with Crippen LogP contribution in [-0.2, 0) is 14.3 Å². The highest BCUT2D eigenvalue weighted by Crippen LogP contribution is 2.15. The third-order valence-electron chi connectivity index (χ3n) is 2.93. The Kier molecular flexibility index (Phi) is 9.51. The van der Waals surface area contributed by atoms with E-state index in [0.29, 0.717) is 25.3 Å². The van der Waals surface area contributed by atoms with E-state index in [1.165, 1.54) is 0 Å². The number of hydrogen-bond donors (Lipinski definition) is 2. The third-order valence-corrected chi connectivity index (χ3v) is 3.62. The van der Waals surface area contributed by atoms with Gasteiger partial charge < -0.3 is 20.1 Å². The van der Waals surface area contributed by atoms with E-state index < -0.39 is 6.29 Å². The van der Waals surface area contributed by atoms with Gasteiger partial charge in [-0.2, -0.15) is 0 Å². The number of hydrogen-bond acceptors (Lipinski definition) is 4. The smallest absolute Gasteiger partial charge is 0.252 e. The number of amides is 2. The maximum atomic E-state index is 12.0. The Balaban J connectivity index is 2.28. The predicted molar refractivity (Wildman–Crippen MR) is 91.1 cm³/mol. The molecule has 7 heteroatoms. The molecule has 0 aliphatic rings. The predicted octanol–water partition coefficient (Wildman–Crippen LogP) is 2.08. The Morgan fingerprint density at radius 1 is 1.13 bits per heavy atom. The maximum absolute atomic E-state index is 12.0. The number of ether oxygens (including phenoxy) is 2. The summed E-state index contributed by atoms with van der Waals surface area (Å²) in [5.41, 5.74) is 0.542. The molecule has 0 bridgehead atoms. The lowest BCUT2D eigenvalue weighted by atomic mass is 10.2. The minimum Gasteiger partial charge on any atom is -0.351 e. The van der Waals surface area contributed by atoms with Gasteiger partial charge >= 0.3 is 0 Å². The van der Waals surface area contributed by atoms with Crippen LogP contribution in [0.3, 0.4) is 0 Å². The summed E-state index contributed by atoms with van der Waals surface area (Å²) in [6.45, 7) is 5.32. The van der Waals surface area contributed by atoms with Crippen LogP contribution < -0.4 is 10.6 Å². The van der Waals surface area contributed by atoms with Crippen molar-refractivity contribution >= 4 is 27.7 Å². The molecule has 0 aliphatic carbocycles. The molecule has 0 radical (unpaired) electrons. The van der Waals surface area contributed by atoms with Crippen LogP contribution >= 0.6 is 15.9 Å². The van der Waals surface area contributed by atoms with Crippen LogP contribution in [0.15, 0.2) is 28.7 Å². The van der Waals surface area contributed by atoms with Crippen molar-refractivity contribution in [2.24, 2.45) is 0 Å². The molecule has 2 N–H and O–H groups in total. The number of carbonyl (C=O) groups is 2. The number of nitrogens with one attached hydrogen (secondary N) is 2. The fourth-order valence-corrected chi connectivity index (χ4v) is 2.32. The molecule has 0 spiro atoms. The van der Waals surface area contributed by atoms with E-state index in [9.17, 15) is 9.59 Å². The van der Waals surface area contributed by atoms with Gasteiger partial charge in [0, 0.05) is 30.7 Å². The SMILES string of the molecule is CCOC(CNC(=O)CCNC(=O)c1ccccc1Br)OCC. The highest BCUT2D eigenvalue weighted by Gasteiger charge is 2.11. The molecule has 0 saturated carbocycles. The van der Waals surface area contributed by atoms with Gasteiger partial charge in [-0.25, -0.2) is 0 Å². The van der Waals surface area contributed by atoms with Crippen LogP contribution in [0.1, 0.15) is 30.6 Å². The molecule has 0 saturated heterocycles. The van der Waals surface area contributed by atoms with Crippen LogP contribution in [-0.4, -0.2) is 44.4 Å². The second-order valence-electron chi connectivity index (χ2n) is 4.63. The first-order valence-corrected chi connectivity index (χ1v) is 8.40. The molecule has 128 valence electrons. The van der Waals surface area contributed by atoms with E-state index in [0.717, 1.165) is 4.47 Å². The van der Waals surface area contributed by atoms with Crippen molar-refractivity contribution in [3.63, 3.8) is 0 Å². The summed E-state index contributed by atoms with van der Waals surface area (Å²) >= 11 is 3.32. The van der Waals surface area contributed by atoms with Crippen molar-refractivity contribution in [2.45, 2.75) is 26.6 Å². The zero-order chi connectivity index (χ0) is 17.1. The van der Waals surface area contributed by atoms with Crippen molar-refractivity contribution in [3.8, 4) is 0 Å². The summed E-state index contributed by atoms with van der Waals surface area (Å²) in [6, 6.07) is 7.13. The molecular weight excluding hydrogens is 364 g/mol. The van der Waals surface area contributed by atoms with E-state index >= 15 is 0 Å². The van der Waals surface area contributed by atoms with Crippen molar-refractivity contribution in [3.05, 3.63) is 34.3 Å². The molecule has 1 rings (SSSR count). The van der Waals surface area contributed by atoms with E-state index in [4.69, 9.17) is 9.47 Å². The van der Waals surface area contributed by atoms with Crippen LogP contribution in [0.25, 0.3) is 0 Å².